The van der Waals surface area contributed by atoms with Crippen LogP contribution in [0.2, 0.25) is 0 Å². The van der Waals surface area contributed by atoms with Gasteiger partial charge in [0.25, 0.3) is 5.91 Å². The third-order valence-corrected chi connectivity index (χ3v) is 4.21. The van der Waals surface area contributed by atoms with Crippen molar-refractivity contribution in [1.82, 2.24) is 10.4 Å². The van der Waals surface area contributed by atoms with Crippen LogP contribution in [-0.2, 0) is 0 Å². The highest BCUT2D eigenvalue weighted by atomic mass is 16.5. The van der Waals surface area contributed by atoms with Gasteiger partial charge in [-0.2, -0.15) is 5.06 Å². The van der Waals surface area contributed by atoms with E-state index in [1.807, 2.05) is 27.7 Å². The van der Waals surface area contributed by atoms with Crippen LogP contribution in [0, 0.1) is 0 Å². The van der Waals surface area contributed by atoms with Crippen LogP contribution in [0.15, 0.2) is 18.2 Å². The van der Waals surface area contributed by atoms with Gasteiger partial charge in [-0.05, 0) is 58.7 Å². The zero-order valence-electron chi connectivity index (χ0n) is 13.7. The molecule has 0 radical (unpaired) electrons. The van der Waals surface area contributed by atoms with Crippen LogP contribution in [0.1, 0.15) is 50.9 Å². The number of nitrogens with zero attached hydrogens (tertiary/aromatic N) is 1. The summed E-state index contributed by atoms with van der Waals surface area (Å²) in [6.07, 6.45) is 1.33. The minimum atomic E-state index is -0.408. The Hall–Kier alpha value is -1.79. The molecule has 1 aliphatic heterocycles. The van der Waals surface area contributed by atoms with Gasteiger partial charge in [0.05, 0.1) is 0 Å². The highest BCUT2D eigenvalue weighted by molar-refractivity contribution is 5.96. The Morgan fingerprint density at radius 1 is 1.14 bits per heavy atom. The number of carbonyl (C=O) groups excluding carboxylic acids is 1. The van der Waals surface area contributed by atoms with Gasteiger partial charge < -0.3 is 22.0 Å². The molecule has 1 heterocycles. The van der Waals surface area contributed by atoms with Gasteiger partial charge in [-0.3, -0.25) is 4.79 Å². The number of benzene rings is 1. The number of rotatable bonds is 2. The van der Waals surface area contributed by atoms with Crippen molar-refractivity contribution < 1.29 is 10.0 Å². The van der Waals surface area contributed by atoms with Crippen molar-refractivity contribution in [3.8, 4) is 0 Å². The fraction of sp³-hybridized carbons (Fsp3) is 0.562. The second-order valence-electron chi connectivity index (χ2n) is 7.40. The first-order valence-electron chi connectivity index (χ1n) is 7.47. The Bertz CT molecular complexity index is 545. The molecule has 22 heavy (non-hydrogen) atoms. The highest BCUT2D eigenvalue weighted by Gasteiger charge is 2.45. The van der Waals surface area contributed by atoms with Crippen LogP contribution in [0.3, 0.4) is 0 Å². The predicted octanol–water partition coefficient (Wildman–Crippen LogP) is 1.99. The van der Waals surface area contributed by atoms with E-state index in [9.17, 15) is 10.0 Å². The lowest BCUT2D eigenvalue weighted by Gasteiger charge is -2.51. The Morgan fingerprint density at radius 2 is 1.59 bits per heavy atom. The Labute approximate surface area is 131 Å². The van der Waals surface area contributed by atoms with E-state index >= 15 is 0 Å². The molecule has 6 nitrogen and oxygen atoms in total. The Morgan fingerprint density at radius 3 is 2.05 bits per heavy atom. The summed E-state index contributed by atoms with van der Waals surface area (Å²) in [6, 6.07) is 4.82. The SMILES string of the molecule is CC1(C)CC(NC(=O)c2cc(N)cc(N)c2)CC(C)(C)N1O. The largest absolute Gasteiger partial charge is 0.399 e. The third-order valence-electron chi connectivity index (χ3n) is 4.21. The minimum absolute atomic E-state index is 0.0245. The number of carbonyl (C=O) groups is 1. The number of piperidine rings is 1. The van der Waals surface area contributed by atoms with E-state index in [2.05, 4.69) is 5.32 Å². The number of nitrogen functional groups attached to an aromatic ring is 2. The number of nitrogens with one attached hydrogen (secondary N) is 1. The first-order valence-corrected chi connectivity index (χ1v) is 7.47. The number of nitrogens with two attached hydrogens (primary N) is 2. The van der Waals surface area contributed by atoms with Crippen LogP contribution in [0.25, 0.3) is 0 Å². The smallest absolute Gasteiger partial charge is 0.251 e. The number of anilines is 2. The topological polar surface area (TPSA) is 105 Å². The minimum Gasteiger partial charge on any atom is -0.399 e. The van der Waals surface area contributed by atoms with Crippen molar-refractivity contribution in [2.45, 2.75) is 57.7 Å². The molecule has 1 amide bonds. The molecule has 0 saturated carbocycles. The molecule has 2 rings (SSSR count). The van der Waals surface area contributed by atoms with Crippen molar-refractivity contribution in [3.63, 3.8) is 0 Å². The summed E-state index contributed by atoms with van der Waals surface area (Å²) in [7, 11) is 0. The average molecular weight is 306 g/mol. The lowest BCUT2D eigenvalue weighted by Crippen LogP contribution is -2.62. The fourth-order valence-electron chi connectivity index (χ4n) is 3.45. The monoisotopic (exact) mass is 306 g/mol. The van der Waals surface area contributed by atoms with Gasteiger partial charge in [-0.15, -0.1) is 0 Å². The molecule has 0 aliphatic carbocycles. The number of hydrogen-bond donors (Lipinski definition) is 4. The van der Waals surface area contributed by atoms with Gasteiger partial charge >= 0.3 is 0 Å². The molecular formula is C16H26N4O2. The number of hydroxylamine groups is 2. The lowest BCUT2D eigenvalue weighted by molar-refractivity contribution is -0.245. The second kappa shape index (κ2) is 5.44. The van der Waals surface area contributed by atoms with Crippen LogP contribution in [0.5, 0.6) is 0 Å². The van der Waals surface area contributed by atoms with E-state index < -0.39 is 11.1 Å². The van der Waals surface area contributed by atoms with E-state index in [0.717, 1.165) is 0 Å². The summed E-state index contributed by atoms with van der Waals surface area (Å²) in [5.74, 6) is -0.193. The molecule has 6 heteroatoms. The summed E-state index contributed by atoms with van der Waals surface area (Å²) < 4.78 is 0. The third kappa shape index (κ3) is 3.34. The van der Waals surface area contributed by atoms with Gasteiger partial charge in [-0.25, -0.2) is 0 Å². The molecule has 6 N–H and O–H groups in total. The molecule has 1 fully saturated rings. The Balaban J connectivity index is 2.15. The van der Waals surface area contributed by atoms with Gasteiger partial charge in [0.15, 0.2) is 0 Å². The van der Waals surface area contributed by atoms with E-state index in [1.165, 1.54) is 5.06 Å². The van der Waals surface area contributed by atoms with E-state index in [4.69, 9.17) is 11.5 Å². The van der Waals surface area contributed by atoms with Crippen LogP contribution in [-0.4, -0.2) is 33.3 Å². The molecule has 0 aromatic heterocycles. The number of hydrogen-bond acceptors (Lipinski definition) is 5. The molecule has 1 aromatic carbocycles. The summed E-state index contributed by atoms with van der Waals surface area (Å²) in [5, 5.41) is 14.7. The summed E-state index contributed by atoms with van der Waals surface area (Å²) in [4.78, 5) is 12.4. The molecule has 1 aliphatic rings. The zero-order chi connectivity index (χ0) is 16.7. The normalized spacial score (nSPS) is 21.5. The molecule has 1 saturated heterocycles. The second-order valence-corrected chi connectivity index (χ2v) is 7.40. The lowest BCUT2D eigenvalue weighted by atomic mass is 9.79. The molecule has 0 bridgehead atoms. The maximum Gasteiger partial charge on any atom is 0.251 e. The fourth-order valence-corrected chi connectivity index (χ4v) is 3.45. The van der Waals surface area contributed by atoms with Crippen LogP contribution < -0.4 is 16.8 Å². The summed E-state index contributed by atoms with van der Waals surface area (Å²) in [6.45, 7) is 7.86. The van der Waals surface area contributed by atoms with Crippen molar-refractivity contribution in [2.24, 2.45) is 0 Å². The van der Waals surface area contributed by atoms with Crippen LogP contribution >= 0.6 is 0 Å². The molecule has 0 unspecified atom stereocenters. The van der Waals surface area contributed by atoms with Crippen molar-refractivity contribution in [2.75, 3.05) is 11.5 Å². The van der Waals surface area contributed by atoms with E-state index in [-0.39, 0.29) is 11.9 Å². The van der Waals surface area contributed by atoms with Crippen molar-refractivity contribution >= 4 is 17.3 Å². The maximum absolute atomic E-state index is 12.4. The van der Waals surface area contributed by atoms with Crippen molar-refractivity contribution in [1.29, 1.82) is 0 Å². The predicted molar refractivity (Wildman–Crippen MR) is 87.5 cm³/mol. The van der Waals surface area contributed by atoms with Gasteiger partial charge in [0, 0.05) is 34.1 Å². The molecular weight excluding hydrogens is 280 g/mol. The maximum atomic E-state index is 12.4. The zero-order valence-corrected chi connectivity index (χ0v) is 13.7. The highest BCUT2D eigenvalue weighted by Crippen LogP contribution is 2.36. The molecule has 0 atom stereocenters. The first kappa shape index (κ1) is 16.6. The summed E-state index contributed by atoms with van der Waals surface area (Å²) >= 11 is 0. The standard InChI is InChI=1S/C16H26N4O2/c1-15(2)8-13(9-16(3,4)20(15)22)19-14(21)10-5-11(17)7-12(18)6-10/h5-7,13,22H,8-9,17-18H2,1-4H3,(H,19,21). The first-order chi connectivity index (χ1) is 10.0. The summed E-state index contributed by atoms with van der Waals surface area (Å²) in [5.41, 5.74) is 12.0. The van der Waals surface area contributed by atoms with Crippen LogP contribution in [0.4, 0.5) is 11.4 Å². The number of amides is 1. The quantitative estimate of drug-likeness (QED) is 0.625. The molecule has 1 aromatic rings. The molecule has 0 spiro atoms. The van der Waals surface area contributed by atoms with Crippen molar-refractivity contribution in [3.05, 3.63) is 23.8 Å². The Kier molecular flexibility index (Phi) is 4.10. The molecule has 122 valence electrons. The van der Waals surface area contributed by atoms with Gasteiger partial charge in [0.1, 0.15) is 0 Å². The van der Waals surface area contributed by atoms with Gasteiger partial charge in [0.2, 0.25) is 0 Å². The van der Waals surface area contributed by atoms with E-state index in [0.29, 0.717) is 29.8 Å². The van der Waals surface area contributed by atoms with Gasteiger partial charge in [-0.1, -0.05) is 0 Å². The average Bonchev–Trinajstić information content (AvgIpc) is 2.34. The van der Waals surface area contributed by atoms with E-state index in [1.54, 1.807) is 18.2 Å².